The van der Waals surface area contributed by atoms with Gasteiger partial charge in [0.2, 0.25) is 10.0 Å². The summed E-state index contributed by atoms with van der Waals surface area (Å²) < 4.78 is 60.8. The van der Waals surface area contributed by atoms with Gasteiger partial charge in [-0.1, -0.05) is 6.07 Å². The van der Waals surface area contributed by atoms with E-state index in [1.54, 1.807) is 6.07 Å². The van der Waals surface area contributed by atoms with Gasteiger partial charge in [0, 0.05) is 30.3 Å². The standard InChI is InChI=1S/C21H24N4O6S2/c1-31-18-10-7-14(12-19(18)33(29,30)24-15-8-9-15)21(26)23-16-4-2-5-17(13-16)32(27,28)25-20-6-3-11-22-20/h2,4-5,7,10,12-13,15,24H,3,6,8-9,11H2,1H3,(H,22,25)(H,23,26). The van der Waals surface area contributed by atoms with Crippen molar-refractivity contribution in [1.82, 2.24) is 9.44 Å². The molecular formula is C21H24N4O6S2. The molecular weight excluding hydrogens is 468 g/mol. The van der Waals surface area contributed by atoms with E-state index < -0.39 is 26.0 Å². The van der Waals surface area contributed by atoms with E-state index in [9.17, 15) is 21.6 Å². The number of sulfonamides is 2. The molecule has 1 saturated carbocycles. The predicted molar refractivity (Wildman–Crippen MR) is 123 cm³/mol. The average Bonchev–Trinajstić information content (AvgIpc) is 3.44. The fraction of sp³-hybridized carbons (Fsp3) is 0.333. The van der Waals surface area contributed by atoms with E-state index in [2.05, 4.69) is 19.8 Å². The molecule has 10 nitrogen and oxygen atoms in total. The molecule has 0 unspecified atom stereocenters. The molecule has 1 aliphatic heterocycles. The van der Waals surface area contributed by atoms with Crippen molar-refractivity contribution in [3.8, 4) is 5.75 Å². The number of aliphatic imine (C=N–C) groups is 1. The minimum atomic E-state index is -3.86. The molecule has 0 radical (unpaired) electrons. The first kappa shape index (κ1) is 23.2. The van der Waals surface area contributed by atoms with Gasteiger partial charge < -0.3 is 10.1 Å². The normalized spacial score (nSPS) is 16.2. The van der Waals surface area contributed by atoms with E-state index in [0.717, 1.165) is 19.3 Å². The van der Waals surface area contributed by atoms with Gasteiger partial charge in [0.1, 0.15) is 16.5 Å². The van der Waals surface area contributed by atoms with Crippen LogP contribution in [-0.4, -0.2) is 48.3 Å². The van der Waals surface area contributed by atoms with Crippen molar-refractivity contribution in [2.24, 2.45) is 4.99 Å². The summed E-state index contributed by atoms with van der Waals surface area (Å²) in [6.45, 7) is 0.587. The molecule has 2 aliphatic rings. The van der Waals surface area contributed by atoms with Gasteiger partial charge in [0.25, 0.3) is 15.9 Å². The lowest BCUT2D eigenvalue weighted by Crippen LogP contribution is -2.29. The number of anilines is 1. The van der Waals surface area contributed by atoms with Crippen molar-refractivity contribution < 1.29 is 26.4 Å². The van der Waals surface area contributed by atoms with Crippen LogP contribution in [0.25, 0.3) is 0 Å². The Morgan fingerprint density at radius 1 is 1.06 bits per heavy atom. The second-order valence-electron chi connectivity index (χ2n) is 7.78. The summed E-state index contributed by atoms with van der Waals surface area (Å²) in [7, 11) is -6.35. The number of nitrogens with one attached hydrogen (secondary N) is 3. The molecule has 1 fully saturated rings. The van der Waals surface area contributed by atoms with Crippen LogP contribution < -0.4 is 19.5 Å². The number of ether oxygens (including phenoxy) is 1. The molecule has 3 N–H and O–H groups in total. The first-order chi connectivity index (χ1) is 15.7. The number of amidine groups is 1. The van der Waals surface area contributed by atoms with E-state index in [-0.39, 0.29) is 32.8 Å². The third-order valence-electron chi connectivity index (χ3n) is 5.14. The van der Waals surface area contributed by atoms with Crippen molar-refractivity contribution in [2.75, 3.05) is 19.0 Å². The maximum Gasteiger partial charge on any atom is 0.262 e. The molecule has 2 aromatic carbocycles. The Hall–Kier alpha value is -2.96. The summed E-state index contributed by atoms with van der Waals surface area (Å²) in [5.41, 5.74) is 0.325. The highest BCUT2D eigenvalue weighted by Gasteiger charge is 2.30. The number of amides is 1. The summed E-state index contributed by atoms with van der Waals surface area (Å²) in [4.78, 5) is 16.8. The second kappa shape index (κ2) is 9.12. The monoisotopic (exact) mass is 492 g/mol. The summed E-state index contributed by atoms with van der Waals surface area (Å²) in [6, 6.07) is 9.75. The predicted octanol–water partition coefficient (Wildman–Crippen LogP) is 1.86. The zero-order valence-corrected chi connectivity index (χ0v) is 19.5. The number of hydrogen-bond acceptors (Lipinski definition) is 7. The lowest BCUT2D eigenvalue weighted by Gasteiger charge is -2.13. The Kier molecular flexibility index (Phi) is 6.41. The highest BCUT2D eigenvalue weighted by Crippen LogP contribution is 2.28. The lowest BCUT2D eigenvalue weighted by molar-refractivity contribution is 0.102. The molecule has 0 spiro atoms. The number of methoxy groups -OCH3 is 1. The number of carbonyl (C=O) groups is 1. The maximum absolute atomic E-state index is 12.8. The largest absolute Gasteiger partial charge is 0.495 e. The van der Waals surface area contributed by atoms with E-state index >= 15 is 0 Å². The second-order valence-corrected chi connectivity index (χ2v) is 11.1. The summed E-state index contributed by atoms with van der Waals surface area (Å²) in [5.74, 6) is -0.0619. The van der Waals surface area contributed by atoms with E-state index in [1.165, 1.54) is 43.5 Å². The molecule has 0 atom stereocenters. The highest BCUT2D eigenvalue weighted by molar-refractivity contribution is 7.90. The molecule has 1 heterocycles. The van der Waals surface area contributed by atoms with Crippen LogP contribution in [0.4, 0.5) is 5.69 Å². The van der Waals surface area contributed by atoms with E-state index in [1.807, 2.05) is 0 Å². The summed E-state index contributed by atoms with van der Waals surface area (Å²) in [5, 5.41) is 2.62. The summed E-state index contributed by atoms with van der Waals surface area (Å²) in [6.07, 6.45) is 2.89. The van der Waals surface area contributed by atoms with Gasteiger partial charge in [-0.2, -0.15) is 0 Å². The third-order valence-corrected chi connectivity index (χ3v) is 8.06. The van der Waals surface area contributed by atoms with Crippen molar-refractivity contribution >= 4 is 37.5 Å². The van der Waals surface area contributed by atoms with Crippen LogP contribution in [0.5, 0.6) is 5.75 Å². The fourth-order valence-electron chi connectivity index (χ4n) is 3.29. The number of rotatable bonds is 8. The van der Waals surface area contributed by atoms with Crippen molar-refractivity contribution in [2.45, 2.75) is 41.5 Å². The van der Waals surface area contributed by atoms with Crippen LogP contribution >= 0.6 is 0 Å². The Bertz CT molecular complexity index is 1320. The highest BCUT2D eigenvalue weighted by atomic mass is 32.2. The quantitative estimate of drug-likeness (QED) is 0.513. The molecule has 0 bridgehead atoms. The SMILES string of the molecule is COc1ccc(C(=O)Nc2cccc(S(=O)(=O)NC3=NCCC3)c2)cc1S(=O)(=O)NC1CC1. The first-order valence-corrected chi connectivity index (χ1v) is 13.3. The van der Waals surface area contributed by atoms with Gasteiger partial charge in [-0.25, -0.2) is 21.6 Å². The molecule has 2 aromatic rings. The molecule has 33 heavy (non-hydrogen) atoms. The molecule has 0 aromatic heterocycles. The van der Waals surface area contributed by atoms with E-state index in [0.29, 0.717) is 18.8 Å². The van der Waals surface area contributed by atoms with Crippen LogP contribution in [0.3, 0.4) is 0 Å². The first-order valence-electron chi connectivity index (χ1n) is 10.4. The lowest BCUT2D eigenvalue weighted by atomic mass is 10.2. The van der Waals surface area contributed by atoms with Gasteiger partial charge in [0.05, 0.1) is 12.0 Å². The topological polar surface area (TPSA) is 143 Å². The molecule has 176 valence electrons. The molecule has 1 aliphatic carbocycles. The number of hydrogen-bond donors (Lipinski definition) is 3. The zero-order valence-electron chi connectivity index (χ0n) is 17.9. The van der Waals surface area contributed by atoms with Crippen LogP contribution in [0.15, 0.2) is 57.2 Å². The van der Waals surface area contributed by atoms with Crippen molar-refractivity contribution in [3.63, 3.8) is 0 Å². The van der Waals surface area contributed by atoms with Crippen molar-refractivity contribution in [1.29, 1.82) is 0 Å². The van der Waals surface area contributed by atoms with Gasteiger partial charge in [-0.15, -0.1) is 0 Å². The van der Waals surface area contributed by atoms with Crippen LogP contribution in [-0.2, 0) is 20.0 Å². The Labute approximate surface area is 192 Å². The minimum Gasteiger partial charge on any atom is -0.495 e. The number of benzene rings is 2. The molecule has 12 heteroatoms. The fourth-order valence-corrected chi connectivity index (χ4v) is 5.93. The maximum atomic E-state index is 12.8. The number of carbonyl (C=O) groups excluding carboxylic acids is 1. The smallest absolute Gasteiger partial charge is 0.262 e. The van der Waals surface area contributed by atoms with Gasteiger partial charge in [0.15, 0.2) is 0 Å². The van der Waals surface area contributed by atoms with Gasteiger partial charge in [-0.05, 0) is 55.7 Å². The molecule has 0 saturated heterocycles. The van der Waals surface area contributed by atoms with Crippen LogP contribution in [0.1, 0.15) is 36.0 Å². The third kappa shape index (κ3) is 5.52. The average molecular weight is 493 g/mol. The molecule has 4 rings (SSSR count). The van der Waals surface area contributed by atoms with Crippen LogP contribution in [0, 0.1) is 0 Å². The Balaban J connectivity index is 1.55. The Morgan fingerprint density at radius 3 is 2.52 bits per heavy atom. The Morgan fingerprint density at radius 2 is 1.85 bits per heavy atom. The van der Waals surface area contributed by atoms with Crippen LogP contribution in [0.2, 0.25) is 0 Å². The van der Waals surface area contributed by atoms with Gasteiger partial charge >= 0.3 is 0 Å². The molecule has 1 amide bonds. The minimum absolute atomic E-state index is 0.0264. The zero-order chi connectivity index (χ0) is 23.6. The van der Waals surface area contributed by atoms with E-state index in [4.69, 9.17) is 4.74 Å². The van der Waals surface area contributed by atoms with Crippen molar-refractivity contribution in [3.05, 3.63) is 48.0 Å². The summed E-state index contributed by atoms with van der Waals surface area (Å²) >= 11 is 0. The number of nitrogens with zero attached hydrogens (tertiary/aromatic N) is 1. The van der Waals surface area contributed by atoms with Gasteiger partial charge in [-0.3, -0.25) is 14.5 Å².